The van der Waals surface area contributed by atoms with E-state index in [1.54, 1.807) is 44.2 Å². The number of carboxylic acids is 1. The summed E-state index contributed by atoms with van der Waals surface area (Å²) in [6.45, 7) is 3.34. The minimum atomic E-state index is -4.26. The Morgan fingerprint density at radius 3 is 2.41 bits per heavy atom. The van der Waals surface area contributed by atoms with Crippen LogP contribution in [-0.2, 0) is 20.2 Å². The third-order valence-corrected chi connectivity index (χ3v) is 8.38. The predicted octanol–water partition coefficient (Wildman–Crippen LogP) is 4.96. The zero-order chi connectivity index (χ0) is 27.0. The van der Waals surface area contributed by atoms with Crippen molar-refractivity contribution in [3.63, 3.8) is 0 Å². The molecule has 0 saturated carbocycles. The molecule has 4 aromatic rings. The first kappa shape index (κ1) is 26.8. The fourth-order valence-corrected chi connectivity index (χ4v) is 5.99. The van der Waals surface area contributed by atoms with Crippen LogP contribution in [0, 0.1) is 0 Å². The Hall–Kier alpha value is -3.25. The highest BCUT2D eigenvalue weighted by molar-refractivity contribution is 7.92. The van der Waals surface area contributed by atoms with E-state index in [9.17, 15) is 23.1 Å². The van der Waals surface area contributed by atoms with E-state index < -0.39 is 33.4 Å². The van der Waals surface area contributed by atoms with Crippen LogP contribution in [0.15, 0.2) is 66.0 Å². The quantitative estimate of drug-likeness (QED) is 0.268. The lowest BCUT2D eigenvalue weighted by molar-refractivity contribution is -0.140. The Balaban J connectivity index is 1.68. The van der Waals surface area contributed by atoms with Gasteiger partial charge in [-0.1, -0.05) is 49.2 Å². The Kier molecular flexibility index (Phi) is 7.43. The van der Waals surface area contributed by atoms with E-state index in [1.807, 2.05) is 0 Å². The molecule has 0 radical (unpaired) electrons. The number of nitrogens with zero attached hydrogens (tertiary/aromatic N) is 2. The number of hydrogen-bond acceptors (Lipinski definition) is 7. The summed E-state index contributed by atoms with van der Waals surface area (Å²) in [6.07, 6.45) is 2.74. The number of carboxylic acid groups (broad SMARTS) is 1. The number of fused-ring (bicyclic) bond motifs is 1. The van der Waals surface area contributed by atoms with Crippen LogP contribution in [0.4, 0.5) is 5.69 Å². The van der Waals surface area contributed by atoms with Crippen LogP contribution in [0.3, 0.4) is 0 Å². The molecular formula is C24H20Cl2N4O5S2. The molecule has 2 heterocycles. The number of pyridine rings is 1. The minimum Gasteiger partial charge on any atom is -0.480 e. The molecule has 37 heavy (non-hydrogen) atoms. The van der Waals surface area contributed by atoms with E-state index in [0.717, 1.165) is 11.5 Å². The van der Waals surface area contributed by atoms with E-state index in [2.05, 4.69) is 19.4 Å². The monoisotopic (exact) mass is 578 g/mol. The molecule has 0 bridgehead atoms. The summed E-state index contributed by atoms with van der Waals surface area (Å²) in [5.74, 6) is -2.09. The fourth-order valence-electron chi connectivity index (χ4n) is 3.78. The number of sulfonamides is 1. The van der Waals surface area contributed by atoms with E-state index in [4.69, 9.17) is 23.2 Å². The summed E-state index contributed by atoms with van der Waals surface area (Å²) in [6, 6.07) is 10.9. The smallest absolute Gasteiger partial charge is 0.327 e. The molecule has 192 valence electrons. The molecule has 0 aliphatic rings. The van der Waals surface area contributed by atoms with Crippen LogP contribution in [-0.4, -0.2) is 40.8 Å². The summed E-state index contributed by atoms with van der Waals surface area (Å²) in [5, 5.41) is 13.2. The SMILES string of the molecule is CC(C)(c1ccc(Cl)cc1)[C@H](NC(=O)c1ccc(Cl)cc1NS(=O)(=O)c1nccc2sncc12)C(=O)O. The topological polar surface area (TPSA) is 138 Å². The van der Waals surface area contributed by atoms with Gasteiger partial charge in [-0.2, -0.15) is 12.8 Å². The number of anilines is 1. The van der Waals surface area contributed by atoms with Gasteiger partial charge in [0.1, 0.15) is 6.04 Å². The number of carbonyl (C=O) groups excluding carboxylic acids is 1. The lowest BCUT2D eigenvalue weighted by atomic mass is 9.77. The third-order valence-electron chi connectivity index (χ3n) is 5.80. The molecule has 0 saturated heterocycles. The largest absolute Gasteiger partial charge is 0.480 e. The van der Waals surface area contributed by atoms with Gasteiger partial charge in [0.2, 0.25) is 0 Å². The summed E-state index contributed by atoms with van der Waals surface area (Å²) < 4.78 is 33.4. The molecule has 4 rings (SSSR count). The van der Waals surface area contributed by atoms with Gasteiger partial charge in [0, 0.05) is 21.7 Å². The first-order chi connectivity index (χ1) is 17.4. The van der Waals surface area contributed by atoms with Gasteiger partial charge in [-0.3, -0.25) is 9.52 Å². The molecule has 0 spiro atoms. The van der Waals surface area contributed by atoms with E-state index in [0.29, 0.717) is 20.7 Å². The number of rotatable bonds is 8. The van der Waals surface area contributed by atoms with Gasteiger partial charge in [-0.25, -0.2) is 9.78 Å². The van der Waals surface area contributed by atoms with Crippen molar-refractivity contribution >= 4 is 72.4 Å². The number of nitrogens with one attached hydrogen (secondary N) is 2. The van der Waals surface area contributed by atoms with Gasteiger partial charge in [0.15, 0.2) is 5.03 Å². The van der Waals surface area contributed by atoms with Crippen LogP contribution in [0.1, 0.15) is 29.8 Å². The van der Waals surface area contributed by atoms with Gasteiger partial charge < -0.3 is 10.4 Å². The van der Waals surface area contributed by atoms with Crippen molar-refractivity contribution in [3.05, 3.63) is 82.1 Å². The normalized spacial score (nSPS) is 12.8. The molecule has 1 atom stereocenters. The Labute approximate surface area is 226 Å². The minimum absolute atomic E-state index is 0.123. The van der Waals surface area contributed by atoms with Crippen molar-refractivity contribution < 1.29 is 23.1 Å². The highest BCUT2D eigenvalue weighted by Crippen LogP contribution is 2.31. The van der Waals surface area contributed by atoms with E-state index in [1.165, 1.54) is 30.6 Å². The Morgan fingerprint density at radius 2 is 1.73 bits per heavy atom. The van der Waals surface area contributed by atoms with Crippen molar-refractivity contribution in [2.75, 3.05) is 4.72 Å². The van der Waals surface area contributed by atoms with Crippen LogP contribution in [0.5, 0.6) is 0 Å². The zero-order valence-corrected chi connectivity index (χ0v) is 22.5. The summed E-state index contributed by atoms with van der Waals surface area (Å²) in [4.78, 5) is 29.5. The van der Waals surface area contributed by atoms with Crippen LogP contribution < -0.4 is 10.0 Å². The lowest BCUT2D eigenvalue weighted by Crippen LogP contribution is -2.52. The Morgan fingerprint density at radius 1 is 1.05 bits per heavy atom. The molecule has 0 aliphatic heterocycles. The van der Waals surface area contributed by atoms with Crippen LogP contribution >= 0.6 is 34.7 Å². The van der Waals surface area contributed by atoms with Crippen molar-refractivity contribution in [2.24, 2.45) is 0 Å². The third kappa shape index (κ3) is 5.54. The van der Waals surface area contributed by atoms with Crippen molar-refractivity contribution in [1.29, 1.82) is 0 Å². The molecule has 0 unspecified atom stereocenters. The molecule has 3 N–H and O–H groups in total. The fraction of sp³-hybridized carbons (Fsp3) is 0.167. The maximum absolute atomic E-state index is 13.3. The summed E-state index contributed by atoms with van der Waals surface area (Å²) in [5.41, 5.74) is -0.684. The number of carbonyl (C=O) groups is 2. The molecule has 2 aromatic carbocycles. The summed E-state index contributed by atoms with van der Waals surface area (Å²) >= 11 is 13.2. The van der Waals surface area contributed by atoms with Gasteiger partial charge >= 0.3 is 5.97 Å². The second-order valence-corrected chi connectivity index (χ2v) is 11.9. The number of amides is 1. The average Bonchev–Trinajstić information content (AvgIpc) is 3.31. The molecule has 13 heteroatoms. The highest BCUT2D eigenvalue weighted by atomic mass is 35.5. The lowest BCUT2D eigenvalue weighted by Gasteiger charge is -2.32. The van der Waals surface area contributed by atoms with Crippen LogP contribution in [0.2, 0.25) is 10.0 Å². The number of halogens is 2. The number of aliphatic carboxylic acids is 1. The predicted molar refractivity (Wildman–Crippen MR) is 143 cm³/mol. The molecule has 1 amide bonds. The highest BCUT2D eigenvalue weighted by Gasteiger charge is 2.38. The number of benzene rings is 2. The number of hydrogen-bond donors (Lipinski definition) is 3. The van der Waals surface area contributed by atoms with E-state index >= 15 is 0 Å². The Bertz CT molecular complexity index is 1610. The molecule has 9 nitrogen and oxygen atoms in total. The van der Waals surface area contributed by atoms with Crippen molar-refractivity contribution in [3.8, 4) is 0 Å². The molecule has 0 aliphatic carbocycles. The molecule has 0 fully saturated rings. The average molecular weight is 579 g/mol. The zero-order valence-electron chi connectivity index (χ0n) is 19.4. The first-order valence-electron chi connectivity index (χ1n) is 10.7. The van der Waals surface area contributed by atoms with Gasteiger partial charge in [0.05, 0.1) is 27.5 Å². The van der Waals surface area contributed by atoms with Crippen LogP contribution in [0.25, 0.3) is 10.1 Å². The maximum atomic E-state index is 13.3. The standard InChI is InChI=1S/C24H20Cl2N4O5S2/c1-24(2,13-3-5-14(25)6-4-13)20(23(32)33)29-21(31)16-8-7-15(26)11-18(16)30-37(34,35)22-17-12-28-36-19(17)9-10-27-22/h3-12,20,30H,1-2H3,(H,29,31)(H,32,33)/t20-/m1/s1. The van der Waals surface area contributed by atoms with Gasteiger partial charge in [-0.15, -0.1) is 0 Å². The second-order valence-electron chi connectivity index (χ2n) is 8.62. The maximum Gasteiger partial charge on any atom is 0.327 e. The molecular weight excluding hydrogens is 559 g/mol. The first-order valence-corrected chi connectivity index (χ1v) is 13.7. The van der Waals surface area contributed by atoms with Gasteiger partial charge in [0.25, 0.3) is 15.9 Å². The second kappa shape index (κ2) is 10.3. The van der Waals surface area contributed by atoms with Crippen molar-refractivity contribution in [1.82, 2.24) is 14.7 Å². The number of aromatic nitrogens is 2. The summed E-state index contributed by atoms with van der Waals surface area (Å²) in [7, 11) is -4.26. The van der Waals surface area contributed by atoms with Crippen molar-refractivity contribution in [2.45, 2.75) is 30.3 Å². The van der Waals surface area contributed by atoms with Gasteiger partial charge in [-0.05, 0) is 53.5 Å². The van der Waals surface area contributed by atoms with E-state index in [-0.39, 0.29) is 21.3 Å². The molecule has 2 aromatic heterocycles.